The van der Waals surface area contributed by atoms with E-state index in [-0.39, 0.29) is 24.5 Å². The smallest absolute Gasteiger partial charge is 0.410 e. The number of benzene rings is 1. The Morgan fingerprint density at radius 2 is 1.97 bits per heavy atom. The number of aromatic nitrogens is 2. The molecule has 0 bridgehead atoms. The number of nitrogens with one attached hydrogen (secondary N) is 2. The summed E-state index contributed by atoms with van der Waals surface area (Å²) in [5, 5.41) is 26.9. The van der Waals surface area contributed by atoms with E-state index in [0.29, 0.717) is 18.3 Å². The molecule has 0 spiro atoms. The number of aromatic hydroxyl groups is 1. The minimum Gasteiger partial charge on any atom is -0.508 e. The summed E-state index contributed by atoms with van der Waals surface area (Å²) in [5.41, 5.74) is 1.19. The first-order valence-corrected chi connectivity index (χ1v) is 11.9. The van der Waals surface area contributed by atoms with Gasteiger partial charge in [-0.1, -0.05) is 6.07 Å². The Balaban J connectivity index is 1.44. The van der Waals surface area contributed by atoms with E-state index in [4.69, 9.17) is 4.74 Å². The van der Waals surface area contributed by atoms with Crippen LogP contribution in [0, 0.1) is 0 Å². The average molecular weight is 484 g/mol. The number of rotatable bonds is 6. The molecular weight excluding hydrogens is 450 g/mol. The lowest BCUT2D eigenvalue weighted by atomic mass is 9.91. The van der Waals surface area contributed by atoms with Gasteiger partial charge in [-0.25, -0.2) is 14.8 Å². The summed E-state index contributed by atoms with van der Waals surface area (Å²) in [6, 6.07) is 6.32. The van der Waals surface area contributed by atoms with Gasteiger partial charge in [0.05, 0.1) is 12.1 Å². The number of phenolic OH excluding ortho intramolecular Hbond substituents is 1. The van der Waals surface area contributed by atoms with E-state index >= 15 is 0 Å². The molecule has 1 aliphatic heterocycles. The summed E-state index contributed by atoms with van der Waals surface area (Å²) in [7, 11) is 0. The highest BCUT2D eigenvalue weighted by Crippen LogP contribution is 2.29. The maximum Gasteiger partial charge on any atom is 0.410 e. The largest absolute Gasteiger partial charge is 0.508 e. The van der Waals surface area contributed by atoms with Gasteiger partial charge in [0.1, 0.15) is 29.2 Å². The van der Waals surface area contributed by atoms with E-state index in [1.54, 1.807) is 45.0 Å². The Hall–Kier alpha value is -3.40. The SMILES string of the molecule is CC(C)(C)OC(=O)N1Cc2cc(O)ccc2C[C@H]1[C@H](O)CNC(=O)c1cc(NC2CCC2)ncn1. The third-order valence-electron chi connectivity index (χ3n) is 6.26. The van der Waals surface area contributed by atoms with Crippen LogP contribution in [0.4, 0.5) is 10.6 Å². The first-order valence-electron chi connectivity index (χ1n) is 11.9. The highest BCUT2D eigenvalue weighted by molar-refractivity contribution is 5.92. The van der Waals surface area contributed by atoms with Crippen molar-refractivity contribution in [2.75, 3.05) is 11.9 Å². The first kappa shape index (κ1) is 24.7. The average Bonchev–Trinajstić information content (AvgIpc) is 2.77. The predicted molar refractivity (Wildman–Crippen MR) is 129 cm³/mol. The number of aliphatic hydroxyl groups is 1. The molecule has 1 fully saturated rings. The summed E-state index contributed by atoms with van der Waals surface area (Å²) in [6.45, 7) is 5.42. The monoisotopic (exact) mass is 483 g/mol. The predicted octanol–water partition coefficient (Wildman–Crippen LogP) is 2.60. The van der Waals surface area contributed by atoms with Crippen molar-refractivity contribution in [3.8, 4) is 5.75 Å². The summed E-state index contributed by atoms with van der Waals surface area (Å²) in [6.07, 6.45) is 3.42. The number of aliphatic hydroxyl groups excluding tert-OH is 1. The minimum atomic E-state index is -1.05. The first-order chi connectivity index (χ1) is 16.6. The minimum absolute atomic E-state index is 0.0778. The zero-order valence-electron chi connectivity index (χ0n) is 20.3. The van der Waals surface area contributed by atoms with Crippen molar-refractivity contribution in [1.82, 2.24) is 20.2 Å². The van der Waals surface area contributed by atoms with Crippen LogP contribution in [0.15, 0.2) is 30.6 Å². The van der Waals surface area contributed by atoms with Crippen molar-refractivity contribution in [3.05, 3.63) is 47.4 Å². The van der Waals surface area contributed by atoms with Gasteiger partial charge < -0.3 is 25.6 Å². The molecule has 2 amide bonds. The Labute approximate surface area is 204 Å². The number of phenols is 1. The number of amides is 2. The van der Waals surface area contributed by atoms with E-state index in [2.05, 4.69) is 20.6 Å². The van der Waals surface area contributed by atoms with E-state index in [1.165, 1.54) is 17.6 Å². The fraction of sp³-hybridized carbons (Fsp3) is 0.520. The fourth-order valence-electron chi connectivity index (χ4n) is 4.21. The van der Waals surface area contributed by atoms with Gasteiger partial charge in [-0.05, 0) is 69.7 Å². The van der Waals surface area contributed by atoms with Gasteiger partial charge in [0.25, 0.3) is 5.91 Å². The molecule has 4 N–H and O–H groups in total. The van der Waals surface area contributed by atoms with Crippen LogP contribution >= 0.6 is 0 Å². The summed E-state index contributed by atoms with van der Waals surface area (Å²) in [4.78, 5) is 35.3. The molecule has 4 rings (SSSR count). The van der Waals surface area contributed by atoms with Crippen LogP contribution in [0.5, 0.6) is 5.75 Å². The van der Waals surface area contributed by atoms with Crippen molar-refractivity contribution < 1.29 is 24.5 Å². The highest BCUT2D eigenvalue weighted by atomic mass is 16.6. The van der Waals surface area contributed by atoms with Crippen LogP contribution in [0.1, 0.15) is 61.6 Å². The van der Waals surface area contributed by atoms with E-state index in [9.17, 15) is 19.8 Å². The van der Waals surface area contributed by atoms with Crippen LogP contribution in [0.25, 0.3) is 0 Å². The number of anilines is 1. The third-order valence-corrected chi connectivity index (χ3v) is 6.26. The number of ether oxygens (including phenoxy) is 1. The maximum atomic E-state index is 13.0. The third kappa shape index (κ3) is 6.19. The van der Waals surface area contributed by atoms with Gasteiger partial charge in [-0.2, -0.15) is 0 Å². The molecule has 10 nitrogen and oxygen atoms in total. The van der Waals surface area contributed by atoms with Gasteiger partial charge in [0.15, 0.2) is 0 Å². The molecule has 1 aromatic heterocycles. The lowest BCUT2D eigenvalue weighted by molar-refractivity contribution is -0.0113. The molecule has 2 aromatic rings. The second-order valence-corrected chi connectivity index (χ2v) is 10.2. The molecular formula is C25H33N5O5. The molecule has 2 heterocycles. The molecule has 188 valence electrons. The zero-order valence-corrected chi connectivity index (χ0v) is 20.3. The number of hydrogen-bond donors (Lipinski definition) is 4. The van der Waals surface area contributed by atoms with Crippen molar-refractivity contribution in [3.63, 3.8) is 0 Å². The molecule has 2 aliphatic rings. The molecule has 1 saturated carbocycles. The molecule has 0 unspecified atom stereocenters. The van der Waals surface area contributed by atoms with Crippen molar-refractivity contribution in [2.24, 2.45) is 0 Å². The van der Waals surface area contributed by atoms with Gasteiger partial charge in [0.2, 0.25) is 0 Å². The molecule has 35 heavy (non-hydrogen) atoms. The maximum absolute atomic E-state index is 13.0. The van der Waals surface area contributed by atoms with Crippen molar-refractivity contribution >= 4 is 17.8 Å². The normalized spacial score (nSPS) is 18.7. The number of fused-ring (bicyclic) bond motifs is 1. The van der Waals surface area contributed by atoms with Crippen LogP contribution in [-0.4, -0.2) is 67.4 Å². The van der Waals surface area contributed by atoms with Crippen LogP contribution in [0.2, 0.25) is 0 Å². The number of nitrogens with zero attached hydrogens (tertiary/aromatic N) is 3. The lowest BCUT2D eigenvalue weighted by Gasteiger charge is -2.40. The summed E-state index contributed by atoms with van der Waals surface area (Å²) < 4.78 is 5.56. The Bertz CT molecular complexity index is 1080. The second-order valence-electron chi connectivity index (χ2n) is 10.2. The van der Waals surface area contributed by atoms with E-state index in [1.807, 2.05) is 0 Å². The van der Waals surface area contributed by atoms with Crippen LogP contribution in [-0.2, 0) is 17.7 Å². The number of hydrogen-bond acceptors (Lipinski definition) is 8. The topological polar surface area (TPSA) is 137 Å². The van der Waals surface area contributed by atoms with Gasteiger partial charge in [0, 0.05) is 25.2 Å². The quantitative estimate of drug-likeness (QED) is 0.492. The molecule has 0 radical (unpaired) electrons. The second kappa shape index (κ2) is 10.1. The van der Waals surface area contributed by atoms with Gasteiger partial charge in [-0.3, -0.25) is 9.69 Å². The molecule has 1 aromatic carbocycles. The number of carbonyl (C=O) groups excluding carboxylic acids is 2. The summed E-state index contributed by atoms with van der Waals surface area (Å²) in [5.74, 6) is 0.266. The molecule has 0 saturated heterocycles. The van der Waals surface area contributed by atoms with Gasteiger partial charge in [-0.15, -0.1) is 0 Å². The fourth-order valence-corrected chi connectivity index (χ4v) is 4.21. The number of carbonyl (C=O) groups is 2. The van der Waals surface area contributed by atoms with Crippen molar-refractivity contribution in [1.29, 1.82) is 0 Å². The van der Waals surface area contributed by atoms with E-state index < -0.39 is 29.7 Å². The van der Waals surface area contributed by atoms with Crippen LogP contribution in [0.3, 0.4) is 0 Å². The van der Waals surface area contributed by atoms with Crippen LogP contribution < -0.4 is 10.6 Å². The zero-order chi connectivity index (χ0) is 25.2. The molecule has 10 heteroatoms. The molecule has 1 aliphatic carbocycles. The Morgan fingerprint density at radius 3 is 2.66 bits per heavy atom. The van der Waals surface area contributed by atoms with Crippen molar-refractivity contribution in [2.45, 2.75) is 76.8 Å². The lowest BCUT2D eigenvalue weighted by Crippen LogP contribution is -2.54. The van der Waals surface area contributed by atoms with Gasteiger partial charge >= 0.3 is 6.09 Å². The van der Waals surface area contributed by atoms with E-state index in [0.717, 1.165) is 24.0 Å². The summed E-state index contributed by atoms with van der Waals surface area (Å²) >= 11 is 0. The Kier molecular flexibility index (Phi) is 7.11. The molecule has 2 atom stereocenters. The Morgan fingerprint density at radius 1 is 1.20 bits per heavy atom. The highest BCUT2D eigenvalue weighted by Gasteiger charge is 2.37. The standard InChI is InChI=1S/C25H33N5O5/c1-25(2,3)35-24(34)30-13-16-9-18(31)8-7-15(16)10-20(30)21(32)12-26-23(33)19-11-22(28-14-27-19)29-17-5-4-6-17/h7-9,11,14,17,20-21,31-32H,4-6,10,12-13H2,1-3H3,(H,26,33)(H,27,28,29)/t20-,21+/m0/s1.